The first-order chi connectivity index (χ1) is 11.5. The van der Waals surface area contributed by atoms with E-state index in [1.54, 1.807) is 11.9 Å². The number of carbonyl (C=O) groups is 2. The maximum absolute atomic E-state index is 12.4. The van der Waals surface area contributed by atoms with E-state index in [1.807, 2.05) is 0 Å². The standard InChI is InChI=1S/C17H23N5O2/c1-10-4-6-12(7-5-10)21-8-11(2)9-22-13-14(18-16(21)22)20(3)17(24)19-15(13)23/h4-7,11,13-14,16,18H,8-9H2,1-3H3,(H,19,23,24). The number of nitrogens with one attached hydrogen (secondary N) is 2. The third-order valence-electron chi connectivity index (χ3n) is 5.22. The molecule has 0 radical (unpaired) electrons. The van der Waals surface area contributed by atoms with Gasteiger partial charge in [-0.3, -0.25) is 20.3 Å². The molecule has 3 amide bonds. The van der Waals surface area contributed by atoms with Crippen LogP contribution in [0.5, 0.6) is 0 Å². The molecule has 1 aromatic carbocycles. The van der Waals surface area contributed by atoms with Crippen LogP contribution in [0, 0.1) is 12.8 Å². The largest absolute Gasteiger partial charge is 0.343 e. The van der Waals surface area contributed by atoms with Crippen molar-refractivity contribution in [1.29, 1.82) is 0 Å². The van der Waals surface area contributed by atoms with Crippen molar-refractivity contribution >= 4 is 17.6 Å². The van der Waals surface area contributed by atoms with Crippen molar-refractivity contribution in [3.05, 3.63) is 29.8 Å². The number of amides is 3. The van der Waals surface area contributed by atoms with Crippen molar-refractivity contribution < 1.29 is 9.59 Å². The van der Waals surface area contributed by atoms with Gasteiger partial charge in [0.05, 0.1) is 0 Å². The summed E-state index contributed by atoms with van der Waals surface area (Å²) in [5, 5.41) is 5.94. The van der Waals surface area contributed by atoms with Gasteiger partial charge in [-0.25, -0.2) is 4.79 Å². The molecular weight excluding hydrogens is 306 g/mol. The summed E-state index contributed by atoms with van der Waals surface area (Å²) in [5.41, 5.74) is 2.35. The highest BCUT2D eigenvalue weighted by Gasteiger charge is 2.54. The maximum atomic E-state index is 12.4. The second-order valence-electron chi connectivity index (χ2n) is 7.13. The zero-order valence-corrected chi connectivity index (χ0v) is 14.2. The lowest BCUT2D eigenvalue weighted by Gasteiger charge is -2.45. The van der Waals surface area contributed by atoms with E-state index in [2.05, 4.69) is 58.5 Å². The van der Waals surface area contributed by atoms with Gasteiger partial charge < -0.3 is 9.80 Å². The number of benzene rings is 1. The number of carbonyl (C=O) groups excluding carboxylic acids is 2. The quantitative estimate of drug-likeness (QED) is 0.786. The van der Waals surface area contributed by atoms with Crippen LogP contribution in [0.4, 0.5) is 10.5 Å². The summed E-state index contributed by atoms with van der Waals surface area (Å²) in [7, 11) is 1.73. The topological polar surface area (TPSA) is 67.9 Å². The smallest absolute Gasteiger partial charge is 0.325 e. The van der Waals surface area contributed by atoms with E-state index in [9.17, 15) is 9.59 Å². The lowest BCUT2D eigenvalue weighted by Crippen LogP contribution is -2.65. The summed E-state index contributed by atoms with van der Waals surface area (Å²) in [6.07, 6.45) is -0.382. The normalized spacial score (nSPS) is 33.3. The van der Waals surface area contributed by atoms with Crippen LogP contribution in [0.15, 0.2) is 24.3 Å². The molecule has 7 nitrogen and oxygen atoms in total. The first kappa shape index (κ1) is 15.4. The molecule has 7 heteroatoms. The second-order valence-corrected chi connectivity index (χ2v) is 7.13. The first-order valence-electron chi connectivity index (χ1n) is 8.38. The van der Waals surface area contributed by atoms with Gasteiger partial charge in [-0.1, -0.05) is 24.6 Å². The Kier molecular flexibility index (Phi) is 3.51. The molecule has 4 atom stereocenters. The lowest BCUT2D eigenvalue weighted by atomic mass is 10.0. The molecule has 0 spiro atoms. The van der Waals surface area contributed by atoms with Crippen molar-refractivity contribution in [1.82, 2.24) is 20.4 Å². The third kappa shape index (κ3) is 2.27. The fourth-order valence-electron chi connectivity index (χ4n) is 4.00. The van der Waals surface area contributed by atoms with Gasteiger partial charge in [0, 0.05) is 25.8 Å². The molecule has 2 N–H and O–H groups in total. The fourth-order valence-corrected chi connectivity index (χ4v) is 4.00. The summed E-state index contributed by atoms with van der Waals surface area (Å²) in [6.45, 7) is 6.01. The van der Waals surface area contributed by atoms with E-state index in [0.29, 0.717) is 5.92 Å². The molecule has 3 fully saturated rings. The van der Waals surface area contributed by atoms with Gasteiger partial charge in [0.1, 0.15) is 18.5 Å². The highest BCUT2D eigenvalue weighted by atomic mass is 16.2. The van der Waals surface area contributed by atoms with Crippen LogP contribution in [-0.2, 0) is 4.79 Å². The molecule has 1 aromatic rings. The van der Waals surface area contributed by atoms with Gasteiger partial charge in [0.25, 0.3) is 0 Å². The number of nitrogens with zero attached hydrogens (tertiary/aromatic N) is 3. The predicted molar refractivity (Wildman–Crippen MR) is 90.2 cm³/mol. The Morgan fingerprint density at radius 2 is 1.83 bits per heavy atom. The van der Waals surface area contributed by atoms with E-state index in [4.69, 9.17) is 0 Å². The Morgan fingerprint density at radius 1 is 1.12 bits per heavy atom. The van der Waals surface area contributed by atoms with Crippen LogP contribution in [0.2, 0.25) is 0 Å². The minimum Gasteiger partial charge on any atom is -0.343 e. The molecule has 0 saturated carbocycles. The molecule has 3 saturated heterocycles. The summed E-state index contributed by atoms with van der Waals surface area (Å²) in [6, 6.07) is 7.73. The monoisotopic (exact) mass is 329 g/mol. The summed E-state index contributed by atoms with van der Waals surface area (Å²) in [4.78, 5) is 30.4. The molecule has 3 aliphatic rings. The molecule has 0 aliphatic carbocycles. The predicted octanol–water partition coefficient (Wildman–Crippen LogP) is 0.516. The Morgan fingerprint density at radius 3 is 2.54 bits per heavy atom. The fraction of sp³-hybridized carbons (Fsp3) is 0.529. The summed E-state index contributed by atoms with van der Waals surface area (Å²) >= 11 is 0. The summed E-state index contributed by atoms with van der Waals surface area (Å²) in [5.74, 6) is 0.217. The Labute approximate surface area is 141 Å². The second kappa shape index (κ2) is 5.46. The van der Waals surface area contributed by atoms with Crippen LogP contribution in [0.3, 0.4) is 0 Å². The number of likely N-dealkylation sites (N-methyl/N-ethyl adjacent to an activating group) is 1. The number of rotatable bonds is 1. The van der Waals surface area contributed by atoms with Gasteiger partial charge >= 0.3 is 6.03 Å². The van der Waals surface area contributed by atoms with Crippen molar-refractivity contribution in [2.24, 2.45) is 5.92 Å². The number of urea groups is 1. The molecule has 0 aromatic heterocycles. The minimum atomic E-state index is -0.353. The average molecular weight is 329 g/mol. The number of anilines is 1. The summed E-state index contributed by atoms with van der Waals surface area (Å²) < 4.78 is 0. The van der Waals surface area contributed by atoms with E-state index in [-0.39, 0.29) is 30.4 Å². The Balaban J connectivity index is 1.69. The maximum Gasteiger partial charge on any atom is 0.325 e. The van der Waals surface area contributed by atoms with Crippen molar-refractivity contribution in [2.45, 2.75) is 32.3 Å². The molecule has 24 heavy (non-hydrogen) atoms. The van der Waals surface area contributed by atoms with E-state index < -0.39 is 0 Å². The zero-order valence-electron chi connectivity index (χ0n) is 14.2. The van der Waals surface area contributed by atoms with Crippen LogP contribution >= 0.6 is 0 Å². The number of imide groups is 1. The molecule has 4 unspecified atom stereocenters. The van der Waals surface area contributed by atoms with E-state index >= 15 is 0 Å². The molecule has 0 bridgehead atoms. The van der Waals surface area contributed by atoms with Crippen LogP contribution in [0.25, 0.3) is 0 Å². The van der Waals surface area contributed by atoms with Crippen LogP contribution in [-0.4, -0.2) is 60.4 Å². The molecule has 3 aliphatic heterocycles. The Hall–Kier alpha value is -2.12. The Bertz CT molecular complexity index is 676. The SMILES string of the molecule is Cc1ccc(N2CC(C)CN3C4C(=O)NC(=O)N(C)C4NC23)cc1. The van der Waals surface area contributed by atoms with Gasteiger partial charge in [0.2, 0.25) is 5.91 Å². The van der Waals surface area contributed by atoms with Gasteiger partial charge in [-0.15, -0.1) is 0 Å². The average Bonchev–Trinajstić information content (AvgIpc) is 2.92. The third-order valence-corrected chi connectivity index (χ3v) is 5.22. The molecule has 128 valence electrons. The number of hydrogen-bond acceptors (Lipinski definition) is 5. The van der Waals surface area contributed by atoms with Crippen molar-refractivity contribution in [3.8, 4) is 0 Å². The highest BCUT2D eigenvalue weighted by Crippen LogP contribution is 2.32. The van der Waals surface area contributed by atoms with Gasteiger partial charge in [0.15, 0.2) is 0 Å². The number of fused-ring (bicyclic) bond motifs is 3. The zero-order chi connectivity index (χ0) is 17.0. The van der Waals surface area contributed by atoms with Crippen molar-refractivity contribution in [2.75, 3.05) is 25.0 Å². The molecule has 3 heterocycles. The first-order valence-corrected chi connectivity index (χ1v) is 8.38. The van der Waals surface area contributed by atoms with Gasteiger partial charge in [-0.2, -0.15) is 0 Å². The lowest BCUT2D eigenvalue weighted by molar-refractivity contribution is -0.128. The van der Waals surface area contributed by atoms with Crippen molar-refractivity contribution in [3.63, 3.8) is 0 Å². The number of hydrogen-bond donors (Lipinski definition) is 2. The molecule has 4 rings (SSSR count). The van der Waals surface area contributed by atoms with E-state index in [1.165, 1.54) is 5.56 Å². The number of aryl methyl sites for hydroxylation is 1. The van der Waals surface area contributed by atoms with Crippen LogP contribution in [0.1, 0.15) is 12.5 Å². The minimum absolute atomic E-state index is 0.0852. The van der Waals surface area contributed by atoms with Gasteiger partial charge in [-0.05, 0) is 25.0 Å². The highest BCUT2D eigenvalue weighted by molar-refractivity contribution is 6.00. The van der Waals surface area contributed by atoms with Crippen LogP contribution < -0.4 is 15.5 Å². The van der Waals surface area contributed by atoms with E-state index in [0.717, 1.165) is 18.8 Å². The molecular formula is C17H23N5O2.